The summed E-state index contributed by atoms with van der Waals surface area (Å²) in [6, 6.07) is 3.21. The van der Waals surface area contributed by atoms with E-state index < -0.39 is 4.92 Å². The molecule has 0 aliphatic heterocycles. The molecule has 0 aliphatic rings. The van der Waals surface area contributed by atoms with Crippen LogP contribution in [0.15, 0.2) is 31.7 Å². The third-order valence-corrected chi connectivity index (χ3v) is 5.91. The van der Waals surface area contributed by atoms with Crippen LogP contribution in [0.1, 0.15) is 34.1 Å². The van der Waals surface area contributed by atoms with Crippen molar-refractivity contribution in [3.63, 3.8) is 0 Å². The number of halogens is 2. The smallest absolute Gasteiger partial charge is 0.404 e. The number of nitro groups is 1. The molecule has 1 N–H and O–H groups in total. The summed E-state index contributed by atoms with van der Waals surface area (Å²) in [4.78, 5) is 22.5. The second-order valence-corrected chi connectivity index (χ2v) is 7.99. The number of nitrogens with one attached hydrogen (secondary N) is 1. The highest BCUT2D eigenvalue weighted by molar-refractivity contribution is 9.11. The SMILES string of the molecule is Cc1nn(CCCNC(=O)c2ccc(Cn3cc(Br)c([N+](=O)[O-])n3)o2)c(C)c1Br. The number of aromatic nitrogens is 4. The summed E-state index contributed by atoms with van der Waals surface area (Å²) < 4.78 is 10.1. The van der Waals surface area contributed by atoms with E-state index in [1.807, 2.05) is 18.5 Å². The lowest BCUT2D eigenvalue weighted by Gasteiger charge is -2.05. The summed E-state index contributed by atoms with van der Waals surface area (Å²) in [7, 11) is 0. The van der Waals surface area contributed by atoms with Gasteiger partial charge in [0.1, 0.15) is 16.8 Å². The molecule has 0 spiro atoms. The first-order chi connectivity index (χ1) is 13.8. The van der Waals surface area contributed by atoms with Crippen molar-refractivity contribution in [2.75, 3.05) is 6.54 Å². The number of carbonyl (C=O) groups is 1. The van der Waals surface area contributed by atoms with Gasteiger partial charge in [0, 0.05) is 18.8 Å². The minimum Gasteiger partial charge on any atom is -0.454 e. The predicted molar refractivity (Wildman–Crippen MR) is 111 cm³/mol. The number of hydrogen-bond donors (Lipinski definition) is 1. The van der Waals surface area contributed by atoms with Crippen LogP contribution >= 0.6 is 31.9 Å². The highest BCUT2D eigenvalue weighted by atomic mass is 79.9. The molecular weight excluding hydrogens is 512 g/mol. The Morgan fingerprint density at radius 3 is 2.69 bits per heavy atom. The lowest BCUT2D eigenvalue weighted by Crippen LogP contribution is -2.25. The third kappa shape index (κ3) is 4.93. The van der Waals surface area contributed by atoms with E-state index in [1.54, 1.807) is 12.1 Å². The fourth-order valence-electron chi connectivity index (χ4n) is 2.75. The Labute approximate surface area is 182 Å². The first-order valence-corrected chi connectivity index (χ1v) is 10.3. The normalized spacial score (nSPS) is 11.0. The van der Waals surface area contributed by atoms with Gasteiger partial charge in [-0.25, -0.2) is 0 Å². The topological polar surface area (TPSA) is 121 Å². The summed E-state index contributed by atoms with van der Waals surface area (Å²) >= 11 is 6.59. The standard InChI is InChI=1S/C17H18Br2N6O4/c1-10-15(19)11(2)24(21-10)7-3-6-20-17(26)14-5-4-12(29-14)8-23-9-13(18)16(22-23)25(27)28/h4-5,9H,3,6-8H2,1-2H3,(H,20,26). The number of furan rings is 1. The van der Waals surface area contributed by atoms with Gasteiger partial charge < -0.3 is 19.8 Å². The Morgan fingerprint density at radius 1 is 1.31 bits per heavy atom. The minimum absolute atomic E-state index is 0.173. The Hall–Kier alpha value is -2.47. The van der Waals surface area contributed by atoms with Gasteiger partial charge in [0.25, 0.3) is 5.91 Å². The molecule has 0 radical (unpaired) electrons. The maximum atomic E-state index is 12.2. The number of rotatable bonds is 8. The van der Waals surface area contributed by atoms with E-state index in [0.717, 1.165) is 22.3 Å². The van der Waals surface area contributed by atoms with Crippen LogP contribution in [-0.4, -0.2) is 36.9 Å². The van der Waals surface area contributed by atoms with Crippen LogP contribution in [0.3, 0.4) is 0 Å². The van der Waals surface area contributed by atoms with Crippen molar-refractivity contribution in [3.05, 3.63) is 60.3 Å². The molecule has 0 unspecified atom stereocenters. The largest absolute Gasteiger partial charge is 0.454 e. The van der Waals surface area contributed by atoms with Crippen LogP contribution in [0.25, 0.3) is 0 Å². The zero-order valence-corrected chi connectivity index (χ0v) is 18.9. The van der Waals surface area contributed by atoms with Gasteiger partial charge in [-0.1, -0.05) is 0 Å². The molecule has 0 fully saturated rings. The van der Waals surface area contributed by atoms with Gasteiger partial charge in [-0.05, 0) is 69.2 Å². The maximum absolute atomic E-state index is 12.2. The molecular formula is C17H18Br2N6O4. The number of hydrogen-bond acceptors (Lipinski definition) is 6. The van der Waals surface area contributed by atoms with Crippen molar-refractivity contribution in [2.45, 2.75) is 33.4 Å². The molecule has 12 heteroatoms. The third-order valence-electron chi connectivity index (χ3n) is 4.20. The molecule has 3 rings (SSSR count). The summed E-state index contributed by atoms with van der Waals surface area (Å²) in [6.45, 7) is 5.26. The number of carbonyl (C=O) groups excluding carboxylic acids is 1. The van der Waals surface area contributed by atoms with Crippen LogP contribution in [0, 0.1) is 24.0 Å². The molecule has 0 saturated carbocycles. The summed E-state index contributed by atoms with van der Waals surface area (Å²) in [6.07, 6.45) is 2.20. The first kappa shape index (κ1) is 21.2. The van der Waals surface area contributed by atoms with E-state index in [2.05, 4.69) is 47.4 Å². The molecule has 10 nitrogen and oxygen atoms in total. The van der Waals surface area contributed by atoms with Crippen molar-refractivity contribution in [3.8, 4) is 0 Å². The molecule has 3 heterocycles. The number of aryl methyl sites for hydroxylation is 2. The van der Waals surface area contributed by atoms with Gasteiger partial charge in [-0.2, -0.15) is 9.78 Å². The van der Waals surface area contributed by atoms with E-state index in [1.165, 1.54) is 10.9 Å². The van der Waals surface area contributed by atoms with Gasteiger partial charge in [0.2, 0.25) is 0 Å². The average Bonchev–Trinajstić information content (AvgIpc) is 3.34. The van der Waals surface area contributed by atoms with Crippen molar-refractivity contribution < 1.29 is 14.1 Å². The van der Waals surface area contributed by atoms with Crippen LogP contribution in [0.4, 0.5) is 5.82 Å². The Morgan fingerprint density at radius 2 is 2.07 bits per heavy atom. The molecule has 3 aromatic heterocycles. The van der Waals surface area contributed by atoms with Gasteiger partial charge in [0.15, 0.2) is 5.76 Å². The molecule has 0 aliphatic carbocycles. The zero-order valence-electron chi connectivity index (χ0n) is 15.7. The monoisotopic (exact) mass is 528 g/mol. The minimum atomic E-state index is -0.577. The fraction of sp³-hybridized carbons (Fsp3) is 0.353. The predicted octanol–water partition coefficient (Wildman–Crippen LogP) is 3.59. The number of amides is 1. The van der Waals surface area contributed by atoms with Crippen LogP contribution in [0.2, 0.25) is 0 Å². The Kier molecular flexibility index (Phi) is 6.52. The zero-order chi connectivity index (χ0) is 21.1. The van der Waals surface area contributed by atoms with Crippen molar-refractivity contribution in [2.24, 2.45) is 0 Å². The number of nitrogens with zero attached hydrogens (tertiary/aromatic N) is 5. The molecule has 1 amide bonds. The van der Waals surface area contributed by atoms with Gasteiger partial charge in [-0.15, -0.1) is 0 Å². The van der Waals surface area contributed by atoms with E-state index >= 15 is 0 Å². The average molecular weight is 530 g/mol. The van der Waals surface area contributed by atoms with Gasteiger partial charge in [-0.3, -0.25) is 9.48 Å². The molecule has 0 saturated heterocycles. The molecule has 3 aromatic rings. The quantitative estimate of drug-likeness (QED) is 0.270. The van der Waals surface area contributed by atoms with Gasteiger partial charge in [0.05, 0.1) is 21.5 Å². The fourth-order valence-corrected chi connectivity index (χ4v) is 3.49. The maximum Gasteiger partial charge on any atom is 0.404 e. The van der Waals surface area contributed by atoms with Crippen molar-refractivity contribution in [1.29, 1.82) is 0 Å². The summed E-state index contributed by atoms with van der Waals surface area (Å²) in [5.74, 6) is 0.0460. The van der Waals surface area contributed by atoms with Crippen molar-refractivity contribution >= 4 is 43.6 Å². The van der Waals surface area contributed by atoms with E-state index in [-0.39, 0.29) is 28.5 Å². The second-order valence-electron chi connectivity index (χ2n) is 6.34. The van der Waals surface area contributed by atoms with Crippen LogP contribution < -0.4 is 5.32 Å². The van der Waals surface area contributed by atoms with Crippen LogP contribution in [0.5, 0.6) is 0 Å². The van der Waals surface area contributed by atoms with Crippen LogP contribution in [-0.2, 0) is 13.1 Å². The lowest BCUT2D eigenvalue weighted by atomic mass is 10.3. The van der Waals surface area contributed by atoms with E-state index in [4.69, 9.17) is 4.42 Å². The molecule has 0 aromatic carbocycles. The summed E-state index contributed by atoms with van der Waals surface area (Å²) in [5.41, 5.74) is 1.99. The Bertz CT molecular complexity index is 1050. The lowest BCUT2D eigenvalue weighted by molar-refractivity contribution is -0.390. The first-order valence-electron chi connectivity index (χ1n) is 8.70. The van der Waals surface area contributed by atoms with Crippen molar-refractivity contribution in [1.82, 2.24) is 24.9 Å². The van der Waals surface area contributed by atoms with Gasteiger partial charge >= 0.3 is 5.82 Å². The highest BCUT2D eigenvalue weighted by Gasteiger charge is 2.20. The van der Waals surface area contributed by atoms with E-state index in [0.29, 0.717) is 18.8 Å². The molecule has 0 bridgehead atoms. The Balaban J connectivity index is 1.50. The summed E-state index contributed by atoms with van der Waals surface area (Å²) in [5, 5.41) is 22.0. The van der Waals surface area contributed by atoms with E-state index in [9.17, 15) is 14.9 Å². The second kappa shape index (κ2) is 8.91. The molecule has 0 atom stereocenters. The molecule has 154 valence electrons. The highest BCUT2D eigenvalue weighted by Crippen LogP contribution is 2.23. The molecule has 29 heavy (non-hydrogen) atoms.